The minimum Gasteiger partial charge on any atom is -0.330 e. The molecule has 5 nitrogen and oxygen atoms in total. The van der Waals surface area contributed by atoms with Crippen molar-refractivity contribution in [3.63, 3.8) is 0 Å². The second-order valence-electron chi connectivity index (χ2n) is 3.50. The van der Waals surface area contributed by atoms with Crippen molar-refractivity contribution in [2.75, 3.05) is 0 Å². The van der Waals surface area contributed by atoms with Crippen molar-refractivity contribution in [3.8, 4) is 0 Å². The maximum absolute atomic E-state index is 11.2. The van der Waals surface area contributed by atoms with Gasteiger partial charge in [0.15, 0.2) is 0 Å². The lowest BCUT2D eigenvalue weighted by Crippen LogP contribution is -2.31. The largest absolute Gasteiger partial charge is 0.333 e. The molecule has 0 spiro atoms. The number of imide groups is 1. The normalized spacial score (nSPS) is 15.9. The quantitative estimate of drug-likeness (QED) is 0.508. The Morgan fingerprint density at radius 2 is 1.87 bits per heavy atom. The fourth-order valence-electron chi connectivity index (χ4n) is 1.32. The smallest absolute Gasteiger partial charge is 0.330 e. The highest BCUT2D eigenvalue weighted by Crippen LogP contribution is 2.13. The number of unbranched alkanes of at least 4 members (excludes halogenated alkanes) is 2. The van der Waals surface area contributed by atoms with Crippen LogP contribution in [0.25, 0.3) is 0 Å². The molecule has 0 unspecified atom stereocenters. The van der Waals surface area contributed by atoms with E-state index >= 15 is 0 Å². The van der Waals surface area contributed by atoms with E-state index in [0.717, 1.165) is 19.3 Å². The molecule has 0 aliphatic carbocycles. The summed E-state index contributed by atoms with van der Waals surface area (Å²) in [7, 11) is 0. The van der Waals surface area contributed by atoms with E-state index in [9.17, 15) is 14.4 Å². The maximum Gasteiger partial charge on any atom is 0.333 e. The van der Waals surface area contributed by atoms with Gasteiger partial charge in [0, 0.05) is 19.3 Å². The predicted octanol–water partition coefficient (Wildman–Crippen LogP) is 1.17. The Kier molecular flexibility index (Phi) is 4.27. The van der Waals surface area contributed by atoms with Crippen LogP contribution in [0.1, 0.15) is 45.4 Å². The molecule has 84 valence electrons. The van der Waals surface area contributed by atoms with Gasteiger partial charge in [-0.2, -0.15) is 0 Å². The summed E-state index contributed by atoms with van der Waals surface area (Å²) >= 11 is 0. The van der Waals surface area contributed by atoms with Gasteiger partial charge in [0.2, 0.25) is 0 Å². The van der Waals surface area contributed by atoms with E-state index in [-0.39, 0.29) is 19.3 Å². The number of hydrogen-bond acceptors (Lipinski definition) is 4. The summed E-state index contributed by atoms with van der Waals surface area (Å²) in [5.41, 5.74) is 0. The molecule has 0 aromatic rings. The lowest BCUT2D eigenvalue weighted by molar-refractivity contribution is -0.197. The summed E-state index contributed by atoms with van der Waals surface area (Å²) in [6.07, 6.45) is 3.21. The van der Waals surface area contributed by atoms with Gasteiger partial charge in [0.25, 0.3) is 11.8 Å². The van der Waals surface area contributed by atoms with Gasteiger partial charge in [0.05, 0.1) is 0 Å². The third-order valence-corrected chi connectivity index (χ3v) is 2.18. The van der Waals surface area contributed by atoms with Gasteiger partial charge in [-0.1, -0.05) is 19.8 Å². The van der Waals surface area contributed by atoms with Crippen LogP contribution in [-0.4, -0.2) is 22.8 Å². The van der Waals surface area contributed by atoms with Crippen LogP contribution >= 0.6 is 0 Å². The zero-order valence-electron chi connectivity index (χ0n) is 8.82. The molecule has 1 aliphatic rings. The molecule has 1 heterocycles. The first-order valence-electron chi connectivity index (χ1n) is 5.21. The number of nitrogens with zero attached hydrogens (tertiary/aromatic N) is 1. The molecule has 0 atom stereocenters. The summed E-state index contributed by atoms with van der Waals surface area (Å²) in [5.74, 6) is -1.36. The molecule has 1 rings (SSSR count). The average Bonchev–Trinajstić information content (AvgIpc) is 2.50. The Morgan fingerprint density at radius 1 is 1.27 bits per heavy atom. The van der Waals surface area contributed by atoms with Crippen LogP contribution in [0.5, 0.6) is 0 Å². The van der Waals surface area contributed by atoms with Crippen LogP contribution in [0.3, 0.4) is 0 Å². The Bertz CT molecular complexity index is 259. The first-order chi connectivity index (χ1) is 7.15. The third kappa shape index (κ3) is 3.34. The number of carbonyl (C=O) groups is 3. The second kappa shape index (κ2) is 5.48. The van der Waals surface area contributed by atoms with E-state index < -0.39 is 17.8 Å². The van der Waals surface area contributed by atoms with Crippen LogP contribution in [0.4, 0.5) is 0 Å². The summed E-state index contributed by atoms with van der Waals surface area (Å²) in [6, 6.07) is 0. The summed E-state index contributed by atoms with van der Waals surface area (Å²) in [4.78, 5) is 38.0. The monoisotopic (exact) mass is 213 g/mol. The molecular weight excluding hydrogens is 198 g/mol. The highest BCUT2D eigenvalue weighted by atomic mass is 16.7. The molecule has 0 saturated carbocycles. The average molecular weight is 213 g/mol. The lowest BCUT2D eigenvalue weighted by Gasteiger charge is -2.12. The van der Waals surface area contributed by atoms with E-state index in [0.29, 0.717) is 5.06 Å². The number of hydroxylamine groups is 2. The highest BCUT2D eigenvalue weighted by molar-refractivity contribution is 6.01. The molecule has 0 aromatic carbocycles. The van der Waals surface area contributed by atoms with Crippen molar-refractivity contribution >= 4 is 17.8 Å². The van der Waals surface area contributed by atoms with E-state index in [1.54, 1.807) is 0 Å². The van der Waals surface area contributed by atoms with E-state index in [1.807, 2.05) is 6.92 Å². The van der Waals surface area contributed by atoms with Crippen molar-refractivity contribution in [2.45, 2.75) is 45.4 Å². The number of rotatable bonds is 5. The van der Waals surface area contributed by atoms with Crippen molar-refractivity contribution in [3.05, 3.63) is 0 Å². The molecular formula is C10H15NO4. The molecule has 15 heavy (non-hydrogen) atoms. The van der Waals surface area contributed by atoms with E-state index in [2.05, 4.69) is 4.84 Å². The van der Waals surface area contributed by atoms with Crippen molar-refractivity contribution < 1.29 is 19.2 Å². The molecule has 0 bridgehead atoms. The summed E-state index contributed by atoms with van der Waals surface area (Å²) in [6.45, 7) is 2.03. The number of amides is 2. The number of hydrogen-bond donors (Lipinski definition) is 0. The predicted molar refractivity (Wildman–Crippen MR) is 51.3 cm³/mol. The molecule has 0 aromatic heterocycles. The minimum atomic E-state index is -0.507. The lowest BCUT2D eigenvalue weighted by atomic mass is 10.2. The van der Waals surface area contributed by atoms with Gasteiger partial charge >= 0.3 is 5.97 Å². The van der Waals surface area contributed by atoms with Gasteiger partial charge in [0.1, 0.15) is 0 Å². The second-order valence-corrected chi connectivity index (χ2v) is 3.50. The fraction of sp³-hybridized carbons (Fsp3) is 0.700. The first-order valence-corrected chi connectivity index (χ1v) is 5.21. The Hall–Kier alpha value is -1.39. The van der Waals surface area contributed by atoms with Gasteiger partial charge in [-0.25, -0.2) is 4.79 Å². The minimum absolute atomic E-state index is 0.140. The first kappa shape index (κ1) is 11.7. The molecule has 5 heteroatoms. The van der Waals surface area contributed by atoms with Crippen molar-refractivity contribution in [1.29, 1.82) is 0 Å². The Balaban J connectivity index is 2.31. The van der Waals surface area contributed by atoms with Gasteiger partial charge in [-0.3, -0.25) is 9.59 Å². The van der Waals surface area contributed by atoms with Gasteiger partial charge in [-0.05, 0) is 6.42 Å². The molecule has 0 N–H and O–H groups in total. The third-order valence-electron chi connectivity index (χ3n) is 2.18. The van der Waals surface area contributed by atoms with Crippen LogP contribution < -0.4 is 0 Å². The highest BCUT2D eigenvalue weighted by Gasteiger charge is 2.32. The summed E-state index contributed by atoms with van der Waals surface area (Å²) in [5, 5.41) is 0.592. The van der Waals surface area contributed by atoms with E-state index in [1.165, 1.54) is 0 Å². The van der Waals surface area contributed by atoms with Crippen LogP contribution in [-0.2, 0) is 19.2 Å². The fourth-order valence-corrected chi connectivity index (χ4v) is 1.32. The molecule has 1 fully saturated rings. The molecule has 0 radical (unpaired) electrons. The standard InChI is InChI=1S/C10H15NO4/c1-2-3-4-5-10(14)15-11-8(12)6-7-9(11)13/h2-7H2,1H3. The van der Waals surface area contributed by atoms with Gasteiger partial charge < -0.3 is 4.84 Å². The molecule has 2 amide bonds. The maximum atomic E-state index is 11.2. The van der Waals surface area contributed by atoms with Crippen LogP contribution in [0, 0.1) is 0 Å². The Labute approximate surface area is 88.3 Å². The van der Waals surface area contributed by atoms with Crippen molar-refractivity contribution in [1.82, 2.24) is 5.06 Å². The topological polar surface area (TPSA) is 63.7 Å². The van der Waals surface area contributed by atoms with Gasteiger partial charge in [-0.15, -0.1) is 5.06 Å². The molecule has 1 saturated heterocycles. The zero-order valence-corrected chi connectivity index (χ0v) is 8.82. The van der Waals surface area contributed by atoms with Crippen LogP contribution in [0.2, 0.25) is 0 Å². The van der Waals surface area contributed by atoms with E-state index in [4.69, 9.17) is 0 Å². The van der Waals surface area contributed by atoms with Crippen LogP contribution in [0.15, 0.2) is 0 Å². The summed E-state index contributed by atoms with van der Waals surface area (Å²) < 4.78 is 0. The molecule has 1 aliphatic heterocycles. The Morgan fingerprint density at radius 3 is 2.40 bits per heavy atom. The SMILES string of the molecule is CCCCCC(=O)ON1C(=O)CCC1=O. The zero-order chi connectivity index (χ0) is 11.3. The van der Waals surface area contributed by atoms with Crippen molar-refractivity contribution in [2.24, 2.45) is 0 Å². The number of carbonyl (C=O) groups excluding carboxylic acids is 3.